The van der Waals surface area contributed by atoms with Gasteiger partial charge in [0.15, 0.2) is 11.3 Å². The molecule has 3 amide bonds. The van der Waals surface area contributed by atoms with Gasteiger partial charge in [-0.25, -0.2) is 18.3 Å². The van der Waals surface area contributed by atoms with Crippen molar-refractivity contribution in [3.8, 4) is 11.1 Å². The van der Waals surface area contributed by atoms with Crippen molar-refractivity contribution >= 4 is 45.8 Å². The molecule has 2 aliphatic heterocycles. The van der Waals surface area contributed by atoms with E-state index in [-0.39, 0.29) is 47.8 Å². The Labute approximate surface area is 367 Å². The Kier molecular flexibility index (Phi) is 11.2. The number of aliphatic hydroxyl groups excluding tert-OH is 1. The topological polar surface area (TPSA) is 186 Å². The van der Waals surface area contributed by atoms with E-state index in [1.54, 1.807) is 21.6 Å². The number of aromatic nitrogens is 9. The summed E-state index contributed by atoms with van der Waals surface area (Å²) in [7, 11) is 0. The highest BCUT2D eigenvalue weighted by molar-refractivity contribution is 6.08. The second kappa shape index (κ2) is 17.1. The van der Waals surface area contributed by atoms with Crippen molar-refractivity contribution in [1.82, 2.24) is 54.2 Å². The lowest BCUT2D eigenvalue weighted by Gasteiger charge is -2.32. The zero-order valence-electron chi connectivity index (χ0n) is 36.0. The number of imide groups is 1. The smallest absolute Gasteiger partial charge is 0.284 e. The summed E-state index contributed by atoms with van der Waals surface area (Å²) in [4.78, 5) is 47.1. The average molecular weight is 878 g/mol. The molecular weight excluding hydrogens is 825 g/mol. The second-order valence-corrected chi connectivity index (χ2v) is 18.0. The average Bonchev–Trinajstić information content (AvgIpc) is 3.98. The number of alkyl halides is 2. The van der Waals surface area contributed by atoms with E-state index in [2.05, 4.69) is 47.7 Å². The van der Waals surface area contributed by atoms with Crippen LogP contribution in [0.4, 0.5) is 20.3 Å². The van der Waals surface area contributed by atoms with Crippen molar-refractivity contribution in [1.29, 1.82) is 0 Å². The fourth-order valence-corrected chi connectivity index (χ4v) is 10.7. The lowest BCUT2D eigenvalue weighted by Crippen LogP contribution is -2.42. The van der Waals surface area contributed by atoms with Crippen LogP contribution < -0.4 is 15.5 Å². The van der Waals surface area contributed by atoms with Crippen LogP contribution in [0.25, 0.3) is 27.7 Å². The molecule has 2 saturated carbocycles. The fourth-order valence-electron chi connectivity index (χ4n) is 10.7. The number of rotatable bonds is 15. The molecule has 2 saturated heterocycles. The van der Waals surface area contributed by atoms with E-state index >= 15 is 0 Å². The first-order valence-corrected chi connectivity index (χ1v) is 22.5. The largest absolute Gasteiger partial charge is 0.395 e. The molecule has 10 rings (SSSR count). The summed E-state index contributed by atoms with van der Waals surface area (Å²) in [6.45, 7) is 9.02. The summed E-state index contributed by atoms with van der Waals surface area (Å²) in [5.41, 5.74) is 3.68. The molecule has 6 aromatic rings. The first kappa shape index (κ1) is 41.9. The second-order valence-electron chi connectivity index (χ2n) is 18.0. The summed E-state index contributed by atoms with van der Waals surface area (Å²) in [5, 5.41) is 33.7. The molecule has 64 heavy (non-hydrogen) atoms. The predicted octanol–water partition coefficient (Wildman–Crippen LogP) is 5.43. The number of hydrogen-bond acceptors (Lipinski definition) is 11. The van der Waals surface area contributed by atoms with Gasteiger partial charge in [-0.05, 0) is 86.8 Å². The number of piperidine rings is 2. The molecule has 4 aliphatic rings. The maximum absolute atomic E-state index is 14.3. The zero-order chi connectivity index (χ0) is 44.2. The van der Waals surface area contributed by atoms with Gasteiger partial charge in [-0.3, -0.25) is 33.7 Å². The van der Waals surface area contributed by atoms with Gasteiger partial charge in [-0.15, -0.1) is 0 Å². The minimum Gasteiger partial charge on any atom is -0.395 e. The maximum atomic E-state index is 14.3. The highest BCUT2D eigenvalue weighted by atomic mass is 19.3. The van der Waals surface area contributed by atoms with Crippen LogP contribution in [0.2, 0.25) is 0 Å². The monoisotopic (exact) mass is 877 g/mol. The molecule has 19 heteroatoms. The van der Waals surface area contributed by atoms with Crippen LogP contribution in [-0.2, 0) is 16.1 Å². The molecule has 3 N–H and O–H groups in total. The number of carbonyl (C=O) groups excluding carboxylic acids is 3. The molecule has 5 aromatic heterocycles. The number of hydrogen-bond donors (Lipinski definition) is 3. The van der Waals surface area contributed by atoms with Gasteiger partial charge < -0.3 is 20.2 Å². The fraction of sp³-hybridized carbons (Fsp3) is 0.511. The van der Waals surface area contributed by atoms with E-state index in [9.17, 15) is 28.3 Å². The molecule has 336 valence electrons. The molecule has 0 bridgehead atoms. The van der Waals surface area contributed by atoms with Crippen LogP contribution in [0.3, 0.4) is 0 Å². The van der Waals surface area contributed by atoms with Crippen molar-refractivity contribution in [3.05, 3.63) is 72.2 Å². The number of aliphatic hydroxyl groups is 1. The van der Waals surface area contributed by atoms with Crippen molar-refractivity contribution in [2.24, 2.45) is 23.7 Å². The van der Waals surface area contributed by atoms with Gasteiger partial charge in [0.05, 0.1) is 41.9 Å². The minimum atomic E-state index is -2.87. The number of aryl methyl sites for hydroxylation is 1. The summed E-state index contributed by atoms with van der Waals surface area (Å²) >= 11 is 0. The van der Waals surface area contributed by atoms with Gasteiger partial charge in [0.25, 0.3) is 18.2 Å². The van der Waals surface area contributed by atoms with Crippen molar-refractivity contribution in [3.63, 3.8) is 0 Å². The van der Waals surface area contributed by atoms with E-state index in [1.165, 1.54) is 16.9 Å². The third-order valence-electron chi connectivity index (χ3n) is 13.9. The maximum Gasteiger partial charge on any atom is 0.284 e. The van der Waals surface area contributed by atoms with Gasteiger partial charge in [0, 0.05) is 75.2 Å². The van der Waals surface area contributed by atoms with Gasteiger partial charge in [0.2, 0.25) is 5.91 Å². The SMILES string of the molecule is CCCN(CCO)c1ccn2ncc(C(=O)Nc3cn(C4CCC(CN5C[C@H]6C(Cn7cc(-c8cccc9c8c(C)nn9[C@@H]8CCC(=O)NC8=O)cn7)[C@@H]6C5)CC4)nc3C(F)F)c2n1. The van der Waals surface area contributed by atoms with E-state index in [0.717, 1.165) is 86.0 Å². The van der Waals surface area contributed by atoms with Crippen molar-refractivity contribution in [2.45, 2.75) is 83.8 Å². The first-order valence-electron chi connectivity index (χ1n) is 22.5. The van der Waals surface area contributed by atoms with Crippen LogP contribution in [0, 0.1) is 30.6 Å². The molecular formula is C45H53F2N13O4. The van der Waals surface area contributed by atoms with Gasteiger partial charge in [-0.2, -0.15) is 20.4 Å². The van der Waals surface area contributed by atoms with E-state index < -0.39 is 24.1 Å². The standard InChI is InChI=1S/C45H53F2N13O4/c1-3-14-56(16-17-61)38-13-15-58-43(51-38)31(19-49-58)44(63)50-35-25-59(54-41(35)42(46)47)29-9-7-27(8-10-29)20-55-22-32-33(23-55)34(32)24-57-21-28(18-48-57)30-5-4-6-36-40(30)26(2)53-60(36)37-11-12-39(62)52-45(37)64/h4-6,13,15,18-19,21,25,27,29,32-34,37,42,61H,3,7-12,14,16-17,20,22-24H2,1-2H3,(H,50,63)(H,52,62,64)/t27?,29?,32-,33-,37-/m1/s1. The Morgan fingerprint density at radius 2 is 1.81 bits per heavy atom. The number of fused-ring (bicyclic) bond motifs is 3. The van der Waals surface area contributed by atoms with Crippen LogP contribution in [0.15, 0.2) is 55.2 Å². The third-order valence-corrected chi connectivity index (χ3v) is 13.9. The summed E-state index contributed by atoms with van der Waals surface area (Å²) < 4.78 is 35.5. The molecule has 4 fully saturated rings. The number of benzene rings is 1. The van der Waals surface area contributed by atoms with Crippen molar-refractivity contribution < 1.29 is 28.3 Å². The minimum absolute atomic E-state index is 0.0193. The summed E-state index contributed by atoms with van der Waals surface area (Å²) in [6.07, 6.45) is 10.9. The van der Waals surface area contributed by atoms with Gasteiger partial charge in [-0.1, -0.05) is 19.1 Å². The number of nitrogens with zero attached hydrogens (tertiary/aromatic N) is 11. The van der Waals surface area contributed by atoms with E-state index in [0.29, 0.717) is 49.0 Å². The molecule has 7 heterocycles. The number of anilines is 2. The zero-order valence-corrected chi connectivity index (χ0v) is 36.0. The molecule has 0 radical (unpaired) electrons. The highest BCUT2D eigenvalue weighted by Gasteiger charge is 2.55. The highest BCUT2D eigenvalue weighted by Crippen LogP contribution is 2.53. The Morgan fingerprint density at radius 1 is 1.00 bits per heavy atom. The quantitative estimate of drug-likeness (QED) is 0.112. The summed E-state index contributed by atoms with van der Waals surface area (Å²) in [6, 6.07) is 7.22. The van der Waals surface area contributed by atoms with E-state index in [4.69, 9.17) is 10.2 Å². The van der Waals surface area contributed by atoms with Crippen LogP contribution in [0.5, 0.6) is 0 Å². The molecule has 0 unspecified atom stereocenters. The van der Waals surface area contributed by atoms with Gasteiger partial charge in [0.1, 0.15) is 17.4 Å². The molecule has 3 atom stereocenters. The predicted molar refractivity (Wildman–Crippen MR) is 233 cm³/mol. The normalized spacial score (nSPS) is 23.6. The molecule has 0 spiro atoms. The van der Waals surface area contributed by atoms with Crippen LogP contribution >= 0.6 is 0 Å². The Bertz CT molecular complexity index is 2700. The number of likely N-dealkylation sites (tertiary alicyclic amines) is 1. The first-order chi connectivity index (χ1) is 31.1. The Hall–Kier alpha value is -6.08. The number of halogens is 2. The van der Waals surface area contributed by atoms with Crippen LogP contribution in [-0.4, -0.2) is 111 Å². The Morgan fingerprint density at radius 3 is 2.56 bits per heavy atom. The Balaban J connectivity index is 0.720. The molecule has 1 aromatic carbocycles. The molecule has 2 aliphatic carbocycles. The van der Waals surface area contributed by atoms with Crippen LogP contribution in [0.1, 0.15) is 92.1 Å². The van der Waals surface area contributed by atoms with Gasteiger partial charge >= 0.3 is 0 Å². The lowest BCUT2D eigenvalue weighted by atomic mass is 9.85. The number of amides is 3. The lowest BCUT2D eigenvalue weighted by molar-refractivity contribution is -0.135. The third kappa shape index (κ3) is 7.92. The molecule has 17 nitrogen and oxygen atoms in total. The van der Waals surface area contributed by atoms with E-state index in [1.807, 2.05) is 37.1 Å². The van der Waals surface area contributed by atoms with Crippen molar-refractivity contribution in [2.75, 3.05) is 49.5 Å². The number of nitrogens with one attached hydrogen (secondary N) is 2. The summed E-state index contributed by atoms with van der Waals surface area (Å²) in [5.74, 6) is 1.82. The number of carbonyl (C=O) groups is 3.